The summed E-state index contributed by atoms with van der Waals surface area (Å²) >= 11 is 1.37. The molecule has 0 saturated heterocycles. The molecule has 0 aliphatic carbocycles. The lowest BCUT2D eigenvalue weighted by Gasteiger charge is -1.92. The maximum Gasteiger partial charge on any atom is 0.214 e. The zero-order chi connectivity index (χ0) is 8.10. The Bertz CT molecular complexity index is 312. The van der Waals surface area contributed by atoms with E-state index >= 15 is 0 Å². The highest BCUT2D eigenvalue weighted by atomic mass is 32.1. The molecule has 0 atom stereocenters. The van der Waals surface area contributed by atoms with Gasteiger partial charge in [-0.2, -0.15) is 0 Å². The first-order valence-electron chi connectivity index (χ1n) is 2.99. The molecule has 4 nitrogen and oxygen atoms in total. The van der Waals surface area contributed by atoms with Crippen LogP contribution < -0.4 is 4.80 Å². The van der Waals surface area contributed by atoms with Crippen LogP contribution >= 0.6 is 11.3 Å². The Kier molecular flexibility index (Phi) is 2.74. The van der Waals surface area contributed by atoms with E-state index in [1.807, 2.05) is 11.6 Å². The van der Waals surface area contributed by atoms with Crippen LogP contribution in [0.25, 0.3) is 0 Å². The van der Waals surface area contributed by atoms with Crippen molar-refractivity contribution in [3.63, 3.8) is 0 Å². The highest BCUT2D eigenvalue weighted by molar-refractivity contribution is 7.07. The highest BCUT2D eigenvalue weighted by Gasteiger charge is 1.90. The van der Waals surface area contributed by atoms with Crippen LogP contribution in [-0.4, -0.2) is 4.57 Å². The molecule has 0 fully saturated rings. The van der Waals surface area contributed by atoms with Gasteiger partial charge in [-0.05, 0) is 0 Å². The fraction of sp³-hybridized carbons (Fsp3) is 0.167. The van der Waals surface area contributed by atoms with Crippen molar-refractivity contribution in [2.24, 2.45) is 10.4 Å². The predicted molar refractivity (Wildman–Crippen MR) is 43.9 cm³/mol. The standard InChI is InChI=1S/C6H7N3OS/c1-2-3-9-4-5-11-6(9)7-8-10/h2,4-5H,1,3H2/b7-6-. The lowest BCUT2D eigenvalue weighted by molar-refractivity contribution is 0.779. The molecule has 58 valence electrons. The van der Waals surface area contributed by atoms with Gasteiger partial charge in [-0.15, -0.1) is 22.8 Å². The van der Waals surface area contributed by atoms with Crippen LogP contribution in [0.1, 0.15) is 0 Å². The van der Waals surface area contributed by atoms with Crippen molar-refractivity contribution in [1.82, 2.24) is 4.57 Å². The number of aromatic nitrogens is 1. The van der Waals surface area contributed by atoms with Crippen LogP contribution in [0.5, 0.6) is 0 Å². The summed E-state index contributed by atoms with van der Waals surface area (Å²) in [6.07, 6.45) is 3.56. The highest BCUT2D eigenvalue weighted by Crippen LogP contribution is 1.89. The first-order chi connectivity index (χ1) is 5.38. The molecular weight excluding hydrogens is 162 g/mol. The number of rotatable bonds is 3. The van der Waals surface area contributed by atoms with Crippen molar-refractivity contribution in [3.05, 3.63) is 33.9 Å². The van der Waals surface area contributed by atoms with Gasteiger partial charge < -0.3 is 4.57 Å². The lowest BCUT2D eigenvalue weighted by Crippen LogP contribution is -2.11. The third kappa shape index (κ3) is 1.84. The van der Waals surface area contributed by atoms with E-state index in [1.54, 1.807) is 10.6 Å². The molecule has 1 heterocycles. The summed E-state index contributed by atoms with van der Waals surface area (Å²) in [5.41, 5.74) is 0. The van der Waals surface area contributed by atoms with Gasteiger partial charge in [0, 0.05) is 18.1 Å². The van der Waals surface area contributed by atoms with Gasteiger partial charge in [0.25, 0.3) is 0 Å². The predicted octanol–water partition coefficient (Wildman–Crippen LogP) is 1.32. The Morgan fingerprint density at radius 2 is 2.64 bits per heavy atom. The van der Waals surface area contributed by atoms with Crippen molar-refractivity contribution in [3.8, 4) is 0 Å². The first kappa shape index (κ1) is 7.87. The van der Waals surface area contributed by atoms with E-state index in [2.05, 4.69) is 17.0 Å². The number of nitrogens with zero attached hydrogens (tertiary/aromatic N) is 3. The molecule has 11 heavy (non-hydrogen) atoms. The van der Waals surface area contributed by atoms with Crippen molar-refractivity contribution < 1.29 is 0 Å². The molecule has 0 aromatic carbocycles. The Balaban J connectivity index is 3.04. The molecule has 5 heteroatoms. The number of nitroso groups, excluding NO2 is 1. The molecule has 0 spiro atoms. The average Bonchev–Trinajstić information content (AvgIpc) is 2.39. The summed E-state index contributed by atoms with van der Waals surface area (Å²) < 4.78 is 1.79. The number of thiazole rings is 1. The zero-order valence-corrected chi connectivity index (χ0v) is 6.62. The molecule has 0 unspecified atom stereocenters. The van der Waals surface area contributed by atoms with E-state index in [9.17, 15) is 4.91 Å². The molecule has 0 N–H and O–H groups in total. The van der Waals surface area contributed by atoms with Crippen LogP contribution in [0.2, 0.25) is 0 Å². The molecule has 0 amide bonds. The molecule has 0 aliphatic rings. The van der Waals surface area contributed by atoms with Crippen molar-refractivity contribution >= 4 is 11.3 Å². The SMILES string of the molecule is C=CCn1ccs/c1=N\N=O. The molecule has 0 saturated carbocycles. The summed E-state index contributed by atoms with van der Waals surface area (Å²) in [6.45, 7) is 4.22. The summed E-state index contributed by atoms with van der Waals surface area (Å²) in [4.78, 5) is 10.4. The molecule has 0 radical (unpaired) electrons. The Labute approximate surface area is 67.5 Å². The minimum atomic E-state index is 0.597. The smallest absolute Gasteiger partial charge is 0.214 e. The zero-order valence-electron chi connectivity index (χ0n) is 5.80. The Morgan fingerprint density at radius 1 is 1.82 bits per heavy atom. The van der Waals surface area contributed by atoms with Gasteiger partial charge in [0.05, 0.1) is 5.29 Å². The van der Waals surface area contributed by atoms with Gasteiger partial charge in [-0.3, -0.25) is 0 Å². The Morgan fingerprint density at radius 3 is 3.27 bits per heavy atom. The quantitative estimate of drug-likeness (QED) is 0.382. The van der Waals surface area contributed by atoms with Crippen LogP contribution in [0.3, 0.4) is 0 Å². The third-order valence-corrected chi connectivity index (χ3v) is 1.90. The van der Waals surface area contributed by atoms with E-state index < -0.39 is 0 Å². The maximum absolute atomic E-state index is 9.78. The van der Waals surface area contributed by atoms with E-state index in [0.717, 1.165) is 0 Å². The fourth-order valence-corrected chi connectivity index (χ4v) is 1.37. The van der Waals surface area contributed by atoms with Crippen molar-refractivity contribution in [2.45, 2.75) is 6.54 Å². The first-order valence-corrected chi connectivity index (χ1v) is 3.87. The Hall–Kier alpha value is -1.23. The van der Waals surface area contributed by atoms with Gasteiger partial charge >= 0.3 is 0 Å². The molecule has 1 rings (SSSR count). The minimum absolute atomic E-state index is 0.597. The van der Waals surface area contributed by atoms with E-state index in [1.165, 1.54) is 11.3 Å². The second-order valence-electron chi connectivity index (χ2n) is 1.81. The number of allylic oxidation sites excluding steroid dienone is 1. The van der Waals surface area contributed by atoms with Gasteiger partial charge in [0.1, 0.15) is 0 Å². The summed E-state index contributed by atoms with van der Waals surface area (Å²) in [5.74, 6) is 0. The third-order valence-electron chi connectivity index (χ3n) is 1.11. The monoisotopic (exact) mass is 169 g/mol. The van der Waals surface area contributed by atoms with Crippen molar-refractivity contribution in [1.29, 1.82) is 0 Å². The van der Waals surface area contributed by atoms with Crippen LogP contribution in [0, 0.1) is 4.91 Å². The van der Waals surface area contributed by atoms with E-state index in [0.29, 0.717) is 11.3 Å². The number of hydrogen-bond donors (Lipinski definition) is 0. The summed E-state index contributed by atoms with van der Waals surface area (Å²) in [7, 11) is 0. The van der Waals surface area contributed by atoms with Gasteiger partial charge in [-0.1, -0.05) is 11.2 Å². The summed E-state index contributed by atoms with van der Waals surface area (Å²) in [5, 5.41) is 7.68. The van der Waals surface area contributed by atoms with Crippen molar-refractivity contribution in [2.75, 3.05) is 0 Å². The van der Waals surface area contributed by atoms with Crippen LogP contribution in [-0.2, 0) is 6.54 Å². The van der Waals surface area contributed by atoms with Gasteiger partial charge in [-0.25, -0.2) is 0 Å². The lowest BCUT2D eigenvalue weighted by atomic mass is 10.6. The number of hydrogen-bond acceptors (Lipinski definition) is 3. The fourth-order valence-electron chi connectivity index (χ4n) is 0.690. The molecular formula is C6H7N3OS. The molecule has 1 aromatic rings. The second kappa shape index (κ2) is 3.82. The topological polar surface area (TPSA) is 46.7 Å². The summed E-state index contributed by atoms with van der Waals surface area (Å²) in [6, 6.07) is 0. The van der Waals surface area contributed by atoms with Gasteiger partial charge in [0.2, 0.25) is 4.80 Å². The normalized spacial score (nSPS) is 11.5. The minimum Gasteiger partial charge on any atom is -0.318 e. The van der Waals surface area contributed by atoms with Crippen LogP contribution in [0.4, 0.5) is 0 Å². The molecule has 0 aliphatic heterocycles. The molecule has 1 aromatic heterocycles. The molecule has 0 bridgehead atoms. The maximum atomic E-state index is 9.78. The average molecular weight is 169 g/mol. The largest absolute Gasteiger partial charge is 0.318 e. The van der Waals surface area contributed by atoms with Crippen LogP contribution in [0.15, 0.2) is 34.6 Å². The van der Waals surface area contributed by atoms with E-state index in [4.69, 9.17) is 0 Å². The van der Waals surface area contributed by atoms with Gasteiger partial charge in [0.15, 0.2) is 0 Å². The second-order valence-corrected chi connectivity index (χ2v) is 2.68. The van der Waals surface area contributed by atoms with E-state index in [-0.39, 0.29) is 0 Å².